The molecular formula is C16H20N2O2. The number of hydrogen-bond donors (Lipinski definition) is 2. The van der Waals surface area contributed by atoms with Crippen molar-refractivity contribution in [3.63, 3.8) is 0 Å². The van der Waals surface area contributed by atoms with Gasteiger partial charge in [0.1, 0.15) is 0 Å². The molecule has 2 aromatic rings. The predicted molar refractivity (Wildman–Crippen MR) is 78.9 cm³/mol. The fraction of sp³-hybridized carbons (Fsp3) is 0.438. The first-order valence-electron chi connectivity index (χ1n) is 7.09. The van der Waals surface area contributed by atoms with Crippen molar-refractivity contribution in [2.24, 2.45) is 0 Å². The number of aliphatic hydroxyl groups is 1. The van der Waals surface area contributed by atoms with Crippen molar-refractivity contribution in [3.8, 4) is 0 Å². The molecule has 0 spiro atoms. The second-order valence-corrected chi connectivity index (χ2v) is 5.98. The largest absolute Gasteiger partial charge is 0.389 e. The lowest BCUT2D eigenvalue weighted by atomic mass is 9.95. The van der Waals surface area contributed by atoms with Crippen LogP contribution in [0, 0.1) is 0 Å². The molecule has 4 nitrogen and oxygen atoms in total. The number of hydrogen-bond acceptors (Lipinski definition) is 3. The molecule has 1 atom stereocenters. The number of H-pyrrole nitrogens is 1. The number of nitrogens with one attached hydrogen (secondary N) is 1. The summed E-state index contributed by atoms with van der Waals surface area (Å²) >= 11 is 0. The minimum atomic E-state index is -0.668. The quantitative estimate of drug-likeness (QED) is 0.842. The minimum absolute atomic E-state index is 0.111. The van der Waals surface area contributed by atoms with Crippen LogP contribution in [0.1, 0.15) is 30.1 Å². The molecule has 1 aromatic heterocycles. The second kappa shape index (κ2) is 5.04. The van der Waals surface area contributed by atoms with E-state index in [9.17, 15) is 9.90 Å². The summed E-state index contributed by atoms with van der Waals surface area (Å²) in [6.07, 6.45) is 3.54. The fourth-order valence-corrected chi connectivity index (χ4v) is 3.05. The first-order chi connectivity index (χ1) is 9.55. The summed E-state index contributed by atoms with van der Waals surface area (Å²) in [5.41, 5.74) is 1.06. The van der Waals surface area contributed by atoms with Gasteiger partial charge in [0.05, 0.1) is 12.1 Å². The van der Waals surface area contributed by atoms with Crippen LogP contribution in [-0.2, 0) is 0 Å². The Labute approximate surface area is 118 Å². The lowest BCUT2D eigenvalue weighted by molar-refractivity contribution is -0.0132. The highest BCUT2D eigenvalue weighted by Gasteiger charge is 2.29. The molecule has 106 valence electrons. The zero-order valence-corrected chi connectivity index (χ0v) is 11.7. The third-order valence-electron chi connectivity index (χ3n) is 4.01. The number of carbonyl (C=O) groups excluding carboxylic acids is 1. The average molecular weight is 272 g/mol. The van der Waals surface area contributed by atoms with E-state index in [2.05, 4.69) is 4.98 Å². The molecule has 0 radical (unpaired) electrons. The number of Topliss-reactive ketones (excluding diaryl/α,β-unsaturated/α-hetero) is 1. The summed E-state index contributed by atoms with van der Waals surface area (Å²) in [4.78, 5) is 17.6. The van der Waals surface area contributed by atoms with Crippen molar-refractivity contribution in [2.75, 3.05) is 19.6 Å². The van der Waals surface area contributed by atoms with E-state index in [1.165, 1.54) is 0 Å². The number of aromatic amines is 1. The van der Waals surface area contributed by atoms with E-state index in [-0.39, 0.29) is 5.78 Å². The minimum Gasteiger partial charge on any atom is -0.389 e. The van der Waals surface area contributed by atoms with Gasteiger partial charge in [0.2, 0.25) is 0 Å². The molecule has 2 N–H and O–H groups in total. The predicted octanol–water partition coefficient (Wildman–Crippen LogP) is 2.20. The number of likely N-dealkylation sites (tertiary alicyclic amines) is 1. The highest BCUT2D eigenvalue weighted by Crippen LogP contribution is 2.22. The van der Waals surface area contributed by atoms with Crippen molar-refractivity contribution in [2.45, 2.75) is 25.4 Å². The highest BCUT2D eigenvalue weighted by molar-refractivity contribution is 6.08. The Kier molecular flexibility index (Phi) is 3.36. The molecule has 4 heteroatoms. The summed E-state index contributed by atoms with van der Waals surface area (Å²) in [5.74, 6) is 0.111. The first kappa shape index (κ1) is 13.3. The number of rotatable bonds is 3. The maximum atomic E-state index is 12.5. The van der Waals surface area contributed by atoms with E-state index >= 15 is 0 Å². The molecule has 0 saturated carbocycles. The Morgan fingerprint density at radius 3 is 3.05 bits per heavy atom. The van der Waals surface area contributed by atoms with Gasteiger partial charge in [0.15, 0.2) is 5.78 Å². The standard InChI is InChI=1S/C16H20N2O2/c1-16(20)7-4-8-18(11-16)10-15(19)13-9-17-14-6-3-2-5-12(13)14/h2-3,5-6,9,17,20H,4,7-8,10-11H2,1H3. The van der Waals surface area contributed by atoms with Gasteiger partial charge in [-0.2, -0.15) is 0 Å². The number of benzene rings is 1. The van der Waals surface area contributed by atoms with E-state index in [0.717, 1.165) is 35.9 Å². The van der Waals surface area contributed by atoms with Gasteiger partial charge >= 0.3 is 0 Å². The molecule has 0 bridgehead atoms. The first-order valence-corrected chi connectivity index (χ1v) is 7.09. The van der Waals surface area contributed by atoms with Crippen LogP contribution in [0.25, 0.3) is 10.9 Å². The smallest absolute Gasteiger partial charge is 0.178 e. The molecule has 2 heterocycles. The van der Waals surface area contributed by atoms with E-state index in [4.69, 9.17) is 0 Å². The van der Waals surface area contributed by atoms with Crippen LogP contribution in [-0.4, -0.2) is 46.0 Å². The highest BCUT2D eigenvalue weighted by atomic mass is 16.3. The third-order valence-corrected chi connectivity index (χ3v) is 4.01. The lowest BCUT2D eigenvalue weighted by Crippen LogP contribution is -2.47. The molecule has 0 amide bonds. The van der Waals surface area contributed by atoms with Crippen LogP contribution < -0.4 is 0 Å². The maximum absolute atomic E-state index is 12.5. The number of piperidine rings is 1. The second-order valence-electron chi connectivity index (χ2n) is 5.98. The van der Waals surface area contributed by atoms with Gasteiger partial charge < -0.3 is 10.1 Å². The molecular weight excluding hydrogens is 252 g/mol. The van der Waals surface area contributed by atoms with E-state index in [1.807, 2.05) is 36.1 Å². The Morgan fingerprint density at radius 2 is 2.25 bits per heavy atom. The van der Waals surface area contributed by atoms with E-state index in [0.29, 0.717) is 13.1 Å². The fourth-order valence-electron chi connectivity index (χ4n) is 3.05. The topological polar surface area (TPSA) is 56.3 Å². The van der Waals surface area contributed by atoms with Crippen molar-refractivity contribution in [3.05, 3.63) is 36.0 Å². The van der Waals surface area contributed by atoms with E-state index < -0.39 is 5.60 Å². The van der Waals surface area contributed by atoms with Gasteiger partial charge in [0.25, 0.3) is 0 Å². The number of ketones is 1. The van der Waals surface area contributed by atoms with Gasteiger partial charge in [-0.15, -0.1) is 0 Å². The zero-order chi connectivity index (χ0) is 14.2. The van der Waals surface area contributed by atoms with Crippen molar-refractivity contribution < 1.29 is 9.90 Å². The molecule has 1 aromatic carbocycles. The van der Waals surface area contributed by atoms with Crippen LogP contribution in [0.15, 0.2) is 30.5 Å². The molecule has 3 rings (SSSR count). The van der Waals surface area contributed by atoms with Gasteiger partial charge in [-0.3, -0.25) is 9.69 Å². The number of fused-ring (bicyclic) bond motifs is 1. The Hall–Kier alpha value is -1.65. The Balaban J connectivity index is 1.76. The van der Waals surface area contributed by atoms with Crippen LogP contribution in [0.3, 0.4) is 0 Å². The Bertz CT molecular complexity index is 630. The van der Waals surface area contributed by atoms with Crippen molar-refractivity contribution >= 4 is 16.7 Å². The monoisotopic (exact) mass is 272 g/mol. The molecule has 1 aliphatic heterocycles. The molecule has 1 unspecified atom stereocenters. The number of β-amino-alcohol motifs (C(OH)–C–C–N with tert-alkyl or cyclic N) is 1. The summed E-state index contributed by atoms with van der Waals surface area (Å²) in [6.45, 7) is 3.67. The SMILES string of the molecule is CC1(O)CCCN(CC(=O)c2c[nH]c3ccccc23)C1. The van der Waals surface area contributed by atoms with Gasteiger partial charge in [0, 0.05) is 29.2 Å². The van der Waals surface area contributed by atoms with E-state index in [1.54, 1.807) is 6.20 Å². The van der Waals surface area contributed by atoms with Gasteiger partial charge in [-0.25, -0.2) is 0 Å². The molecule has 20 heavy (non-hydrogen) atoms. The number of para-hydroxylation sites is 1. The summed E-state index contributed by atoms with van der Waals surface area (Å²) in [7, 11) is 0. The molecule has 0 aliphatic carbocycles. The number of carbonyl (C=O) groups is 1. The summed E-state index contributed by atoms with van der Waals surface area (Å²) in [6, 6.07) is 7.83. The van der Waals surface area contributed by atoms with Gasteiger partial charge in [-0.1, -0.05) is 18.2 Å². The zero-order valence-electron chi connectivity index (χ0n) is 11.7. The molecule has 1 aliphatic rings. The number of nitrogens with zero attached hydrogens (tertiary/aromatic N) is 1. The van der Waals surface area contributed by atoms with Crippen LogP contribution in [0.5, 0.6) is 0 Å². The lowest BCUT2D eigenvalue weighted by Gasteiger charge is -2.36. The third kappa shape index (κ3) is 2.62. The Morgan fingerprint density at radius 1 is 1.45 bits per heavy atom. The van der Waals surface area contributed by atoms with Crippen molar-refractivity contribution in [1.29, 1.82) is 0 Å². The van der Waals surface area contributed by atoms with Crippen LogP contribution >= 0.6 is 0 Å². The van der Waals surface area contributed by atoms with Crippen molar-refractivity contribution in [1.82, 2.24) is 9.88 Å². The van der Waals surface area contributed by atoms with Crippen LogP contribution in [0.4, 0.5) is 0 Å². The maximum Gasteiger partial charge on any atom is 0.178 e. The number of aromatic nitrogens is 1. The van der Waals surface area contributed by atoms with Crippen LogP contribution in [0.2, 0.25) is 0 Å². The molecule has 1 fully saturated rings. The average Bonchev–Trinajstić information content (AvgIpc) is 2.81. The summed E-state index contributed by atoms with van der Waals surface area (Å²) < 4.78 is 0. The summed E-state index contributed by atoms with van der Waals surface area (Å²) in [5, 5.41) is 11.1. The van der Waals surface area contributed by atoms with Gasteiger partial charge in [-0.05, 0) is 32.4 Å². The molecule has 1 saturated heterocycles. The normalized spacial score (nSPS) is 24.1.